The largest absolute Gasteiger partial charge is 0.387 e. The van der Waals surface area contributed by atoms with Gasteiger partial charge in [-0.25, -0.2) is 0 Å². The number of hydrogen-bond acceptors (Lipinski definition) is 2. The Labute approximate surface area is 126 Å². The molecule has 2 N–H and O–H groups in total. The smallest absolute Gasteiger partial charge is 0.0976 e. The molecule has 0 bridgehead atoms. The highest BCUT2D eigenvalue weighted by Gasteiger charge is 2.11. The molecule has 0 fully saturated rings. The zero-order valence-corrected chi connectivity index (χ0v) is 12.9. The van der Waals surface area contributed by atoms with Gasteiger partial charge in [0.15, 0.2) is 0 Å². The van der Waals surface area contributed by atoms with Gasteiger partial charge < -0.3 is 10.4 Å². The third-order valence-corrected chi connectivity index (χ3v) is 3.79. The van der Waals surface area contributed by atoms with Crippen LogP contribution in [0, 0.1) is 6.92 Å². The molecule has 0 saturated carbocycles. The number of aliphatic hydroxyl groups excluding tert-OH is 1. The van der Waals surface area contributed by atoms with Crippen LogP contribution in [0.15, 0.2) is 46.9 Å². The first-order valence-electron chi connectivity index (χ1n) is 6.00. The van der Waals surface area contributed by atoms with Crippen LogP contribution in [0.25, 0.3) is 0 Å². The van der Waals surface area contributed by atoms with Crippen molar-refractivity contribution >= 4 is 33.2 Å². The highest BCUT2D eigenvalue weighted by molar-refractivity contribution is 9.10. The van der Waals surface area contributed by atoms with Crippen LogP contribution < -0.4 is 5.32 Å². The Morgan fingerprint density at radius 1 is 1.26 bits per heavy atom. The molecule has 1 atom stereocenters. The molecule has 0 aliphatic rings. The van der Waals surface area contributed by atoms with Crippen LogP contribution in [-0.2, 0) is 0 Å². The molecular weight excluding hydrogens is 326 g/mol. The molecule has 2 aromatic carbocycles. The summed E-state index contributed by atoms with van der Waals surface area (Å²) in [6.45, 7) is 2.44. The number of rotatable bonds is 4. The summed E-state index contributed by atoms with van der Waals surface area (Å²) in [6, 6.07) is 13.3. The Balaban J connectivity index is 2.06. The van der Waals surface area contributed by atoms with Crippen molar-refractivity contribution in [1.82, 2.24) is 0 Å². The fourth-order valence-electron chi connectivity index (χ4n) is 1.85. The number of nitrogens with one attached hydrogen (secondary N) is 1. The van der Waals surface area contributed by atoms with Gasteiger partial charge in [-0.05, 0) is 30.7 Å². The minimum Gasteiger partial charge on any atom is -0.387 e. The average Bonchev–Trinajstić information content (AvgIpc) is 2.40. The summed E-state index contributed by atoms with van der Waals surface area (Å²) in [7, 11) is 0. The van der Waals surface area contributed by atoms with Crippen LogP contribution in [0.4, 0.5) is 5.69 Å². The van der Waals surface area contributed by atoms with Gasteiger partial charge in [0.1, 0.15) is 0 Å². The lowest BCUT2D eigenvalue weighted by Crippen LogP contribution is -2.13. The Morgan fingerprint density at radius 2 is 2.00 bits per heavy atom. The van der Waals surface area contributed by atoms with Crippen molar-refractivity contribution in [2.24, 2.45) is 0 Å². The van der Waals surface area contributed by atoms with E-state index in [4.69, 9.17) is 11.6 Å². The maximum absolute atomic E-state index is 10.2. The molecule has 0 saturated heterocycles. The van der Waals surface area contributed by atoms with Gasteiger partial charge in [-0.15, -0.1) is 0 Å². The Hall–Kier alpha value is -1.03. The predicted molar refractivity (Wildman–Crippen MR) is 83.8 cm³/mol. The summed E-state index contributed by atoms with van der Waals surface area (Å²) in [4.78, 5) is 0. The predicted octanol–water partition coefficient (Wildman–Crippen LogP) is 4.56. The second-order valence-electron chi connectivity index (χ2n) is 4.38. The number of hydrogen-bond donors (Lipinski definition) is 2. The lowest BCUT2D eigenvalue weighted by molar-refractivity contribution is 0.191. The van der Waals surface area contributed by atoms with E-state index in [0.29, 0.717) is 11.6 Å². The molecule has 100 valence electrons. The number of aliphatic hydroxyl groups is 1. The first-order valence-corrected chi connectivity index (χ1v) is 7.17. The van der Waals surface area contributed by atoms with Gasteiger partial charge in [-0.1, -0.05) is 51.8 Å². The molecule has 2 nitrogen and oxygen atoms in total. The van der Waals surface area contributed by atoms with Gasteiger partial charge in [-0.2, -0.15) is 0 Å². The third-order valence-electron chi connectivity index (χ3n) is 2.95. The monoisotopic (exact) mass is 339 g/mol. The fourth-order valence-corrected chi connectivity index (χ4v) is 2.47. The van der Waals surface area contributed by atoms with Crippen molar-refractivity contribution in [2.45, 2.75) is 13.0 Å². The van der Waals surface area contributed by atoms with Crippen LogP contribution in [0.3, 0.4) is 0 Å². The van der Waals surface area contributed by atoms with E-state index in [2.05, 4.69) is 21.2 Å². The molecular formula is C15H15BrClNO. The first-order chi connectivity index (χ1) is 9.08. The minimum absolute atomic E-state index is 0.418. The molecule has 19 heavy (non-hydrogen) atoms. The number of aryl methyl sites for hydroxylation is 1. The summed E-state index contributed by atoms with van der Waals surface area (Å²) >= 11 is 9.50. The lowest BCUT2D eigenvalue weighted by Gasteiger charge is -2.16. The highest BCUT2D eigenvalue weighted by Crippen LogP contribution is 2.25. The van der Waals surface area contributed by atoms with Gasteiger partial charge in [0, 0.05) is 27.3 Å². The van der Waals surface area contributed by atoms with E-state index in [0.717, 1.165) is 21.3 Å². The van der Waals surface area contributed by atoms with Crippen molar-refractivity contribution < 1.29 is 5.11 Å². The Bertz CT molecular complexity index is 574. The van der Waals surface area contributed by atoms with Gasteiger partial charge in [-0.3, -0.25) is 0 Å². The second-order valence-corrected chi connectivity index (χ2v) is 5.70. The van der Waals surface area contributed by atoms with E-state index in [-0.39, 0.29) is 0 Å². The molecule has 0 heterocycles. The zero-order valence-electron chi connectivity index (χ0n) is 10.5. The average molecular weight is 341 g/mol. The zero-order chi connectivity index (χ0) is 13.8. The van der Waals surface area contributed by atoms with E-state index in [1.807, 2.05) is 43.3 Å². The van der Waals surface area contributed by atoms with Gasteiger partial charge in [0.25, 0.3) is 0 Å². The van der Waals surface area contributed by atoms with E-state index in [9.17, 15) is 5.11 Å². The van der Waals surface area contributed by atoms with Crippen molar-refractivity contribution in [3.05, 3.63) is 63.1 Å². The number of halogens is 2. The van der Waals surface area contributed by atoms with Crippen LogP contribution >= 0.6 is 27.5 Å². The van der Waals surface area contributed by atoms with E-state index in [1.54, 1.807) is 6.07 Å². The Kier molecular flexibility index (Phi) is 4.86. The molecule has 1 unspecified atom stereocenters. The normalized spacial score (nSPS) is 12.2. The molecule has 0 aromatic heterocycles. The molecule has 0 radical (unpaired) electrons. The topological polar surface area (TPSA) is 32.3 Å². The molecule has 2 aromatic rings. The van der Waals surface area contributed by atoms with Crippen LogP contribution in [-0.4, -0.2) is 11.7 Å². The summed E-state index contributed by atoms with van der Waals surface area (Å²) in [6.07, 6.45) is -0.632. The van der Waals surface area contributed by atoms with E-state index in [1.165, 1.54) is 0 Å². The van der Waals surface area contributed by atoms with Gasteiger partial charge >= 0.3 is 0 Å². The molecule has 2 rings (SSSR count). The number of anilines is 1. The van der Waals surface area contributed by atoms with Crippen LogP contribution in [0.1, 0.15) is 17.2 Å². The van der Waals surface area contributed by atoms with E-state index >= 15 is 0 Å². The van der Waals surface area contributed by atoms with Crippen molar-refractivity contribution in [2.75, 3.05) is 11.9 Å². The summed E-state index contributed by atoms with van der Waals surface area (Å²) in [5, 5.41) is 14.0. The van der Waals surface area contributed by atoms with Crippen LogP contribution in [0.2, 0.25) is 5.02 Å². The maximum Gasteiger partial charge on any atom is 0.0976 e. The summed E-state index contributed by atoms with van der Waals surface area (Å²) in [5.41, 5.74) is 2.87. The number of benzene rings is 2. The highest BCUT2D eigenvalue weighted by atomic mass is 79.9. The molecule has 0 spiro atoms. The van der Waals surface area contributed by atoms with E-state index < -0.39 is 6.10 Å². The summed E-state index contributed by atoms with van der Waals surface area (Å²) < 4.78 is 1.01. The minimum atomic E-state index is -0.632. The summed E-state index contributed by atoms with van der Waals surface area (Å²) in [5.74, 6) is 0. The third kappa shape index (κ3) is 3.72. The van der Waals surface area contributed by atoms with Gasteiger partial charge in [0.2, 0.25) is 0 Å². The standard InChI is InChI=1S/C15H15BrClNO/c1-10-6-7-11(16)8-14(10)18-9-15(19)12-4-2-3-5-13(12)17/h2-8,15,18-19H,9H2,1H3. The van der Waals surface area contributed by atoms with Crippen molar-refractivity contribution in [1.29, 1.82) is 0 Å². The van der Waals surface area contributed by atoms with Crippen molar-refractivity contribution in [3.8, 4) is 0 Å². The van der Waals surface area contributed by atoms with Gasteiger partial charge in [0.05, 0.1) is 6.10 Å². The molecule has 4 heteroatoms. The lowest BCUT2D eigenvalue weighted by atomic mass is 10.1. The first kappa shape index (κ1) is 14.4. The Morgan fingerprint density at radius 3 is 2.74 bits per heavy atom. The SMILES string of the molecule is Cc1ccc(Br)cc1NCC(O)c1ccccc1Cl. The van der Waals surface area contributed by atoms with Crippen molar-refractivity contribution in [3.63, 3.8) is 0 Å². The molecule has 0 aliphatic carbocycles. The van der Waals surface area contributed by atoms with Crippen LogP contribution in [0.5, 0.6) is 0 Å². The fraction of sp³-hybridized carbons (Fsp3) is 0.200. The quantitative estimate of drug-likeness (QED) is 0.855. The molecule has 0 aliphatic heterocycles. The maximum atomic E-state index is 10.2. The second kappa shape index (κ2) is 6.42. The molecule has 0 amide bonds.